The van der Waals surface area contributed by atoms with Gasteiger partial charge in [-0.25, -0.2) is 4.79 Å². The van der Waals surface area contributed by atoms with Gasteiger partial charge in [0.2, 0.25) is 5.91 Å². The Labute approximate surface area is 119 Å². The third-order valence-electron chi connectivity index (χ3n) is 2.92. The van der Waals surface area contributed by atoms with E-state index in [1.165, 1.54) is 25.3 Å². The molecule has 1 N–H and O–H groups in total. The van der Waals surface area contributed by atoms with Crippen molar-refractivity contribution in [3.8, 4) is 5.75 Å². The summed E-state index contributed by atoms with van der Waals surface area (Å²) in [6.45, 7) is 0.0228. The lowest BCUT2D eigenvalue weighted by Gasteiger charge is -2.24. The molecule has 20 heavy (non-hydrogen) atoms. The molecule has 0 aromatic heterocycles. The van der Waals surface area contributed by atoms with Crippen molar-refractivity contribution in [1.29, 1.82) is 0 Å². The van der Waals surface area contributed by atoms with Gasteiger partial charge in [-0.15, -0.1) is 0 Å². The number of hydrogen-bond acceptors (Lipinski definition) is 5. The number of aromatic carboxylic acids is 1. The molecule has 1 aliphatic rings. The van der Waals surface area contributed by atoms with Crippen LogP contribution in [0.25, 0.3) is 0 Å². The molecule has 0 spiro atoms. The molecule has 1 saturated heterocycles. The summed E-state index contributed by atoms with van der Waals surface area (Å²) in [6, 6.07) is 4.35. The zero-order chi connectivity index (χ0) is 14.7. The van der Waals surface area contributed by atoms with E-state index in [1.807, 2.05) is 0 Å². The van der Waals surface area contributed by atoms with Crippen molar-refractivity contribution >= 4 is 28.9 Å². The van der Waals surface area contributed by atoms with E-state index in [0.29, 0.717) is 23.5 Å². The minimum atomic E-state index is -1.07. The SMILES string of the molecule is COc1ccc(C(=O)O)cc1CN1C(=O)CCSC1=O. The summed E-state index contributed by atoms with van der Waals surface area (Å²) in [7, 11) is 1.45. The summed E-state index contributed by atoms with van der Waals surface area (Å²) in [5.74, 6) is -0.386. The summed E-state index contributed by atoms with van der Waals surface area (Å²) in [6.07, 6.45) is 0.303. The van der Waals surface area contributed by atoms with Crippen molar-refractivity contribution in [2.75, 3.05) is 12.9 Å². The summed E-state index contributed by atoms with van der Waals surface area (Å²) in [5.41, 5.74) is 0.585. The Balaban J connectivity index is 2.31. The minimum absolute atomic E-state index is 0.0228. The highest BCUT2D eigenvalue weighted by atomic mass is 32.2. The number of carbonyl (C=O) groups excluding carboxylic acids is 2. The van der Waals surface area contributed by atoms with Gasteiger partial charge in [0.15, 0.2) is 0 Å². The standard InChI is InChI=1S/C13H13NO5S/c1-19-10-3-2-8(12(16)17)6-9(10)7-14-11(15)4-5-20-13(14)18/h2-3,6H,4-5,7H2,1H3,(H,16,17). The molecular weight excluding hydrogens is 282 g/mol. The molecule has 106 valence electrons. The number of carbonyl (C=O) groups is 3. The van der Waals surface area contributed by atoms with Crippen LogP contribution in [0.15, 0.2) is 18.2 Å². The molecule has 2 rings (SSSR count). The quantitative estimate of drug-likeness (QED) is 0.914. The van der Waals surface area contributed by atoms with E-state index in [4.69, 9.17) is 9.84 Å². The molecule has 0 atom stereocenters. The fourth-order valence-corrected chi connectivity index (χ4v) is 2.67. The van der Waals surface area contributed by atoms with Crippen molar-refractivity contribution in [2.24, 2.45) is 0 Å². The smallest absolute Gasteiger partial charge is 0.335 e. The lowest BCUT2D eigenvalue weighted by atomic mass is 10.1. The van der Waals surface area contributed by atoms with Gasteiger partial charge in [-0.1, -0.05) is 11.8 Å². The molecule has 0 unspecified atom stereocenters. The van der Waals surface area contributed by atoms with Gasteiger partial charge in [-0.05, 0) is 18.2 Å². The maximum absolute atomic E-state index is 11.8. The average Bonchev–Trinajstić information content (AvgIpc) is 2.42. The normalized spacial score (nSPS) is 15.3. The number of rotatable bonds is 4. The molecule has 0 aliphatic carbocycles. The lowest BCUT2D eigenvalue weighted by molar-refractivity contribution is -0.128. The molecule has 2 amide bonds. The molecule has 1 fully saturated rings. The predicted molar refractivity (Wildman–Crippen MR) is 73.0 cm³/mol. The second-order valence-corrected chi connectivity index (χ2v) is 5.22. The first kappa shape index (κ1) is 14.4. The highest BCUT2D eigenvalue weighted by Gasteiger charge is 2.27. The topological polar surface area (TPSA) is 83.9 Å². The van der Waals surface area contributed by atoms with Crippen LogP contribution in [-0.4, -0.2) is 40.0 Å². The zero-order valence-corrected chi connectivity index (χ0v) is 11.6. The first-order valence-electron chi connectivity index (χ1n) is 5.90. The van der Waals surface area contributed by atoms with E-state index in [1.54, 1.807) is 0 Å². The van der Waals surface area contributed by atoms with Gasteiger partial charge in [0.05, 0.1) is 19.2 Å². The number of amides is 2. The molecule has 0 radical (unpaired) electrons. The van der Waals surface area contributed by atoms with Gasteiger partial charge in [0.25, 0.3) is 5.24 Å². The number of methoxy groups -OCH3 is 1. The summed E-state index contributed by atoms with van der Waals surface area (Å²) >= 11 is 1.08. The van der Waals surface area contributed by atoms with Gasteiger partial charge in [0, 0.05) is 17.7 Å². The highest BCUT2D eigenvalue weighted by molar-refractivity contribution is 8.13. The third-order valence-corrected chi connectivity index (χ3v) is 3.79. The maximum Gasteiger partial charge on any atom is 0.335 e. The Morgan fingerprint density at radius 2 is 2.20 bits per heavy atom. The first-order chi connectivity index (χ1) is 9.52. The zero-order valence-electron chi connectivity index (χ0n) is 10.8. The summed E-state index contributed by atoms with van der Waals surface area (Å²) < 4.78 is 5.14. The largest absolute Gasteiger partial charge is 0.496 e. The lowest BCUT2D eigenvalue weighted by Crippen LogP contribution is -2.37. The Morgan fingerprint density at radius 3 is 2.80 bits per heavy atom. The van der Waals surface area contributed by atoms with Crippen LogP contribution >= 0.6 is 11.8 Å². The van der Waals surface area contributed by atoms with E-state index < -0.39 is 5.97 Å². The third kappa shape index (κ3) is 2.93. The van der Waals surface area contributed by atoms with Gasteiger partial charge < -0.3 is 9.84 Å². The summed E-state index contributed by atoms with van der Waals surface area (Å²) in [4.78, 5) is 35.6. The average molecular weight is 295 g/mol. The molecule has 0 saturated carbocycles. The van der Waals surface area contributed by atoms with Crippen molar-refractivity contribution in [3.05, 3.63) is 29.3 Å². The van der Waals surface area contributed by atoms with E-state index in [-0.39, 0.29) is 23.3 Å². The number of nitrogens with zero attached hydrogens (tertiary/aromatic N) is 1. The van der Waals surface area contributed by atoms with Gasteiger partial charge in [-0.2, -0.15) is 0 Å². The number of imide groups is 1. The van der Waals surface area contributed by atoms with Crippen LogP contribution in [0.5, 0.6) is 5.75 Å². The van der Waals surface area contributed by atoms with E-state index in [0.717, 1.165) is 16.7 Å². The second kappa shape index (κ2) is 5.96. The molecule has 1 aromatic carbocycles. The van der Waals surface area contributed by atoms with Crippen LogP contribution in [0.3, 0.4) is 0 Å². The van der Waals surface area contributed by atoms with Crippen LogP contribution in [0.2, 0.25) is 0 Å². The van der Waals surface area contributed by atoms with Crippen molar-refractivity contribution in [2.45, 2.75) is 13.0 Å². The number of hydrogen-bond donors (Lipinski definition) is 1. The van der Waals surface area contributed by atoms with Crippen LogP contribution in [-0.2, 0) is 11.3 Å². The van der Waals surface area contributed by atoms with Crippen molar-refractivity contribution < 1.29 is 24.2 Å². The summed E-state index contributed by atoms with van der Waals surface area (Å²) in [5, 5.41) is 8.67. The number of thioether (sulfide) groups is 1. The molecule has 1 aliphatic heterocycles. The Bertz CT molecular complexity index is 556. The molecule has 6 nitrogen and oxygen atoms in total. The van der Waals surface area contributed by atoms with E-state index >= 15 is 0 Å². The van der Waals surface area contributed by atoms with Crippen LogP contribution in [0.1, 0.15) is 22.3 Å². The fraction of sp³-hybridized carbons (Fsp3) is 0.308. The Kier molecular flexibility index (Phi) is 4.29. The Hall–Kier alpha value is -2.02. The second-order valence-electron chi connectivity index (χ2n) is 4.18. The Morgan fingerprint density at radius 1 is 1.45 bits per heavy atom. The predicted octanol–water partition coefficient (Wildman–Crippen LogP) is 1.98. The number of carboxylic acid groups (broad SMARTS) is 1. The molecular formula is C13H13NO5S. The van der Waals surface area contributed by atoms with Gasteiger partial charge >= 0.3 is 5.97 Å². The first-order valence-corrected chi connectivity index (χ1v) is 6.89. The highest BCUT2D eigenvalue weighted by Crippen LogP contribution is 2.26. The van der Waals surface area contributed by atoms with Gasteiger partial charge in [0.1, 0.15) is 5.75 Å². The number of ether oxygens (including phenoxy) is 1. The van der Waals surface area contributed by atoms with Crippen LogP contribution in [0, 0.1) is 0 Å². The van der Waals surface area contributed by atoms with E-state index in [9.17, 15) is 14.4 Å². The molecule has 0 bridgehead atoms. The minimum Gasteiger partial charge on any atom is -0.496 e. The molecule has 7 heteroatoms. The van der Waals surface area contributed by atoms with E-state index in [2.05, 4.69) is 0 Å². The molecule has 1 aromatic rings. The van der Waals surface area contributed by atoms with Crippen molar-refractivity contribution in [3.63, 3.8) is 0 Å². The maximum atomic E-state index is 11.8. The van der Waals surface area contributed by atoms with Crippen LogP contribution < -0.4 is 4.74 Å². The molecule has 1 heterocycles. The fourth-order valence-electron chi connectivity index (χ4n) is 1.90. The van der Waals surface area contributed by atoms with Crippen molar-refractivity contribution in [1.82, 2.24) is 4.90 Å². The number of benzene rings is 1. The number of carboxylic acids is 1. The van der Waals surface area contributed by atoms with Gasteiger partial charge in [-0.3, -0.25) is 14.5 Å². The van der Waals surface area contributed by atoms with Crippen LogP contribution in [0.4, 0.5) is 4.79 Å². The monoisotopic (exact) mass is 295 g/mol.